The molecule has 0 aliphatic carbocycles. The average molecular weight is 230 g/mol. The molecule has 0 spiro atoms. The second-order valence-electron chi connectivity index (χ2n) is 3.26. The number of benzene rings is 1. The molecule has 1 aromatic rings. The van der Waals surface area contributed by atoms with Gasteiger partial charge in [-0.15, -0.1) is 0 Å². The SMILES string of the molecule is NC(=O)C(O)CNCc1cccc(F)c1F. The molecule has 0 saturated carbocycles. The fourth-order valence-corrected chi connectivity index (χ4v) is 1.13. The number of aliphatic hydroxyl groups is 1. The first-order chi connectivity index (χ1) is 7.52. The molecule has 0 heterocycles. The third-order valence-corrected chi connectivity index (χ3v) is 2.01. The minimum Gasteiger partial charge on any atom is -0.382 e. The van der Waals surface area contributed by atoms with Crippen molar-refractivity contribution in [3.8, 4) is 0 Å². The number of nitrogens with two attached hydrogens (primary N) is 1. The fourth-order valence-electron chi connectivity index (χ4n) is 1.13. The van der Waals surface area contributed by atoms with Crippen molar-refractivity contribution in [3.05, 3.63) is 35.4 Å². The Bertz CT molecular complexity index is 385. The molecule has 1 rings (SSSR count). The van der Waals surface area contributed by atoms with Gasteiger partial charge in [0.2, 0.25) is 5.91 Å². The Labute approximate surface area is 91.1 Å². The second kappa shape index (κ2) is 5.53. The van der Waals surface area contributed by atoms with E-state index in [4.69, 9.17) is 10.8 Å². The van der Waals surface area contributed by atoms with Crippen LogP contribution in [0.2, 0.25) is 0 Å². The summed E-state index contributed by atoms with van der Waals surface area (Å²) in [6.07, 6.45) is -1.34. The molecule has 1 amide bonds. The lowest BCUT2D eigenvalue weighted by Gasteiger charge is -2.09. The topological polar surface area (TPSA) is 75.4 Å². The van der Waals surface area contributed by atoms with Crippen molar-refractivity contribution in [3.63, 3.8) is 0 Å². The zero-order valence-corrected chi connectivity index (χ0v) is 8.41. The van der Waals surface area contributed by atoms with Gasteiger partial charge in [0, 0.05) is 18.7 Å². The summed E-state index contributed by atoms with van der Waals surface area (Å²) < 4.78 is 25.9. The van der Waals surface area contributed by atoms with Gasteiger partial charge in [-0.25, -0.2) is 8.78 Å². The van der Waals surface area contributed by atoms with Crippen LogP contribution in [-0.4, -0.2) is 23.7 Å². The average Bonchev–Trinajstić information content (AvgIpc) is 2.24. The molecule has 0 fully saturated rings. The van der Waals surface area contributed by atoms with Gasteiger partial charge < -0.3 is 16.2 Å². The molecular formula is C10H12F2N2O2. The van der Waals surface area contributed by atoms with E-state index in [2.05, 4.69) is 5.32 Å². The summed E-state index contributed by atoms with van der Waals surface area (Å²) in [6.45, 7) is -0.0980. The van der Waals surface area contributed by atoms with Gasteiger partial charge >= 0.3 is 0 Å². The zero-order valence-electron chi connectivity index (χ0n) is 8.41. The molecule has 6 heteroatoms. The lowest BCUT2D eigenvalue weighted by Crippen LogP contribution is -2.37. The molecule has 88 valence electrons. The zero-order chi connectivity index (χ0) is 12.1. The molecule has 0 radical (unpaired) electrons. The van der Waals surface area contributed by atoms with Gasteiger partial charge in [0.05, 0.1) is 0 Å². The maximum atomic E-state index is 13.1. The summed E-state index contributed by atoms with van der Waals surface area (Å²) in [5, 5.41) is 11.6. The van der Waals surface area contributed by atoms with Crippen molar-refractivity contribution < 1.29 is 18.7 Å². The Hall–Kier alpha value is -1.53. The van der Waals surface area contributed by atoms with Gasteiger partial charge in [-0.05, 0) is 6.07 Å². The molecule has 1 aromatic carbocycles. The third-order valence-electron chi connectivity index (χ3n) is 2.01. The molecular weight excluding hydrogens is 218 g/mol. The first kappa shape index (κ1) is 12.5. The molecule has 1 atom stereocenters. The van der Waals surface area contributed by atoms with Crippen LogP contribution in [0.3, 0.4) is 0 Å². The van der Waals surface area contributed by atoms with E-state index in [9.17, 15) is 13.6 Å². The van der Waals surface area contributed by atoms with Crippen LogP contribution in [-0.2, 0) is 11.3 Å². The predicted octanol–water partition coefficient (Wildman–Crippen LogP) is -0.0994. The summed E-state index contributed by atoms with van der Waals surface area (Å²) in [6, 6.07) is 3.79. The highest BCUT2D eigenvalue weighted by Crippen LogP contribution is 2.10. The Morgan fingerprint density at radius 3 is 2.81 bits per heavy atom. The number of hydrogen-bond acceptors (Lipinski definition) is 3. The van der Waals surface area contributed by atoms with Crippen LogP contribution in [0, 0.1) is 11.6 Å². The van der Waals surface area contributed by atoms with Crippen molar-refractivity contribution in [2.75, 3.05) is 6.54 Å². The van der Waals surface area contributed by atoms with Crippen LogP contribution in [0.4, 0.5) is 8.78 Å². The highest BCUT2D eigenvalue weighted by molar-refractivity contribution is 5.78. The lowest BCUT2D eigenvalue weighted by molar-refractivity contribution is -0.125. The number of halogens is 2. The Kier molecular flexibility index (Phi) is 4.33. The molecule has 0 aromatic heterocycles. The van der Waals surface area contributed by atoms with E-state index >= 15 is 0 Å². The monoisotopic (exact) mass is 230 g/mol. The lowest BCUT2D eigenvalue weighted by atomic mass is 10.2. The summed E-state index contributed by atoms with van der Waals surface area (Å²) in [7, 11) is 0. The highest BCUT2D eigenvalue weighted by atomic mass is 19.2. The Balaban J connectivity index is 2.49. The molecule has 0 bridgehead atoms. The van der Waals surface area contributed by atoms with E-state index in [0.29, 0.717) is 0 Å². The standard InChI is InChI=1S/C10H12F2N2O2/c11-7-3-1-2-6(9(7)12)4-14-5-8(15)10(13)16/h1-3,8,14-15H,4-5H2,(H2,13,16). The van der Waals surface area contributed by atoms with Crippen molar-refractivity contribution >= 4 is 5.91 Å². The van der Waals surface area contributed by atoms with Crippen molar-refractivity contribution in [1.82, 2.24) is 5.32 Å². The Morgan fingerprint density at radius 1 is 1.50 bits per heavy atom. The number of carbonyl (C=O) groups is 1. The number of aliphatic hydroxyl groups excluding tert-OH is 1. The molecule has 4 N–H and O–H groups in total. The first-order valence-electron chi connectivity index (χ1n) is 4.63. The largest absolute Gasteiger partial charge is 0.382 e. The van der Waals surface area contributed by atoms with Crippen molar-refractivity contribution in [2.24, 2.45) is 5.73 Å². The quantitative estimate of drug-likeness (QED) is 0.661. The van der Waals surface area contributed by atoms with Gasteiger partial charge in [-0.2, -0.15) is 0 Å². The van der Waals surface area contributed by atoms with E-state index in [0.717, 1.165) is 6.07 Å². The smallest absolute Gasteiger partial charge is 0.247 e. The van der Waals surface area contributed by atoms with Gasteiger partial charge in [-0.3, -0.25) is 4.79 Å². The molecule has 16 heavy (non-hydrogen) atoms. The normalized spacial score (nSPS) is 12.4. The minimum atomic E-state index is -1.34. The first-order valence-corrected chi connectivity index (χ1v) is 4.63. The predicted molar refractivity (Wildman–Crippen MR) is 53.3 cm³/mol. The Morgan fingerprint density at radius 2 is 2.19 bits per heavy atom. The van der Waals surface area contributed by atoms with E-state index in [-0.39, 0.29) is 18.7 Å². The van der Waals surface area contributed by atoms with Gasteiger partial charge in [-0.1, -0.05) is 12.1 Å². The van der Waals surface area contributed by atoms with Gasteiger partial charge in [0.1, 0.15) is 6.10 Å². The number of hydrogen-bond donors (Lipinski definition) is 3. The van der Waals surface area contributed by atoms with E-state index in [1.807, 2.05) is 0 Å². The van der Waals surface area contributed by atoms with Crippen LogP contribution in [0.5, 0.6) is 0 Å². The van der Waals surface area contributed by atoms with Crippen molar-refractivity contribution in [1.29, 1.82) is 0 Å². The van der Waals surface area contributed by atoms with Crippen LogP contribution in [0.1, 0.15) is 5.56 Å². The second-order valence-corrected chi connectivity index (χ2v) is 3.26. The number of amides is 1. The summed E-state index contributed by atoms with van der Waals surface area (Å²) >= 11 is 0. The summed E-state index contributed by atoms with van der Waals surface area (Å²) in [5.41, 5.74) is 4.93. The molecule has 1 unspecified atom stereocenters. The number of carbonyl (C=O) groups excluding carboxylic acids is 1. The van der Waals surface area contributed by atoms with Crippen molar-refractivity contribution in [2.45, 2.75) is 12.6 Å². The maximum Gasteiger partial charge on any atom is 0.247 e. The third kappa shape index (κ3) is 3.25. The molecule has 0 saturated heterocycles. The van der Waals surface area contributed by atoms with Crippen LogP contribution in [0.15, 0.2) is 18.2 Å². The highest BCUT2D eigenvalue weighted by Gasteiger charge is 2.11. The number of rotatable bonds is 5. The van der Waals surface area contributed by atoms with E-state index < -0.39 is 23.6 Å². The van der Waals surface area contributed by atoms with E-state index in [1.165, 1.54) is 12.1 Å². The van der Waals surface area contributed by atoms with Gasteiger partial charge in [0.15, 0.2) is 11.6 Å². The molecule has 0 aliphatic rings. The van der Waals surface area contributed by atoms with Gasteiger partial charge in [0.25, 0.3) is 0 Å². The van der Waals surface area contributed by atoms with Crippen LogP contribution < -0.4 is 11.1 Å². The molecule has 4 nitrogen and oxygen atoms in total. The maximum absolute atomic E-state index is 13.1. The fraction of sp³-hybridized carbons (Fsp3) is 0.300. The summed E-state index contributed by atoms with van der Waals surface area (Å²) in [4.78, 5) is 10.5. The number of nitrogens with one attached hydrogen (secondary N) is 1. The van der Waals surface area contributed by atoms with E-state index in [1.54, 1.807) is 0 Å². The van der Waals surface area contributed by atoms with Crippen LogP contribution in [0.25, 0.3) is 0 Å². The molecule has 0 aliphatic heterocycles. The minimum absolute atomic E-state index is 0.00787. The van der Waals surface area contributed by atoms with Crippen LogP contribution >= 0.6 is 0 Å². The number of primary amides is 1. The summed E-state index contributed by atoms with van der Waals surface area (Å²) in [5.74, 6) is -2.74.